The molecule has 11 heteroatoms. The van der Waals surface area contributed by atoms with Crippen molar-refractivity contribution in [2.45, 2.75) is 18.9 Å². The van der Waals surface area contributed by atoms with Crippen molar-refractivity contribution in [1.29, 1.82) is 0 Å². The molecule has 2 aromatic carbocycles. The molecule has 4 rings (SSSR count). The summed E-state index contributed by atoms with van der Waals surface area (Å²) in [6, 6.07) is 17.7. The zero-order chi connectivity index (χ0) is 29.5. The highest BCUT2D eigenvalue weighted by molar-refractivity contribution is 14.1. The minimum Gasteiger partial charge on any atom is -0.368 e. The van der Waals surface area contributed by atoms with Gasteiger partial charge < -0.3 is 25.8 Å². The second-order valence-corrected chi connectivity index (χ2v) is 11.4. The normalized spacial score (nSPS) is 14.5. The molecule has 10 nitrogen and oxygen atoms in total. The van der Waals surface area contributed by atoms with Gasteiger partial charge in [0.15, 0.2) is 0 Å². The molecule has 0 saturated heterocycles. The third kappa shape index (κ3) is 7.88. The van der Waals surface area contributed by atoms with Gasteiger partial charge in [0.1, 0.15) is 0 Å². The summed E-state index contributed by atoms with van der Waals surface area (Å²) in [6.07, 6.45) is 2.20. The third-order valence-electron chi connectivity index (χ3n) is 6.87. The standard InChI is InChI=1S/C30H33IN6O4/c1-35(2)15-16-36(19-27(32)38)28(39)12-14-37-26(25-5-3-4-13-33-25)17-21-8-11-23(18-24(21)30(37)41)34-29(40)20-6-9-22(31)10-7-20/h3-11,13,18,26H,12,14-17,19H2,1-2H3,(H2,32,38)(H,34,40). The van der Waals surface area contributed by atoms with Crippen LogP contribution in [0.5, 0.6) is 0 Å². The van der Waals surface area contributed by atoms with E-state index in [1.54, 1.807) is 35.4 Å². The number of nitrogens with one attached hydrogen (secondary N) is 1. The van der Waals surface area contributed by atoms with Gasteiger partial charge in [-0.15, -0.1) is 0 Å². The number of hydrogen-bond acceptors (Lipinski definition) is 6. The van der Waals surface area contributed by atoms with E-state index in [1.165, 1.54) is 4.90 Å². The summed E-state index contributed by atoms with van der Waals surface area (Å²) in [4.78, 5) is 61.0. The van der Waals surface area contributed by atoms with Crippen LogP contribution < -0.4 is 11.1 Å². The van der Waals surface area contributed by atoms with Crippen molar-refractivity contribution in [3.05, 3.63) is 92.8 Å². The quantitative estimate of drug-likeness (QED) is 0.303. The number of pyridine rings is 1. The molecule has 2 heterocycles. The molecule has 214 valence electrons. The van der Waals surface area contributed by atoms with Gasteiger partial charge in [0.25, 0.3) is 11.8 Å². The van der Waals surface area contributed by atoms with Crippen molar-refractivity contribution in [2.75, 3.05) is 45.6 Å². The highest BCUT2D eigenvalue weighted by Crippen LogP contribution is 2.34. The number of primary amides is 1. The molecule has 0 fully saturated rings. The molecule has 0 aliphatic carbocycles. The van der Waals surface area contributed by atoms with Crippen LogP contribution in [0, 0.1) is 3.57 Å². The number of anilines is 1. The van der Waals surface area contributed by atoms with E-state index in [1.807, 2.05) is 55.4 Å². The fourth-order valence-corrected chi connectivity index (χ4v) is 5.08. The highest BCUT2D eigenvalue weighted by Gasteiger charge is 2.35. The summed E-state index contributed by atoms with van der Waals surface area (Å²) in [6.45, 7) is 0.868. The fourth-order valence-electron chi connectivity index (χ4n) is 4.72. The predicted molar refractivity (Wildman–Crippen MR) is 164 cm³/mol. The average Bonchev–Trinajstić information content (AvgIpc) is 2.95. The maximum absolute atomic E-state index is 13.9. The first-order valence-corrected chi connectivity index (χ1v) is 14.3. The number of halogens is 1. The summed E-state index contributed by atoms with van der Waals surface area (Å²) in [5, 5.41) is 2.88. The first-order valence-electron chi connectivity index (χ1n) is 13.2. The molecular formula is C30H33IN6O4. The molecule has 1 aliphatic heterocycles. The van der Waals surface area contributed by atoms with Crippen LogP contribution in [0.3, 0.4) is 0 Å². The number of rotatable bonds is 11. The molecule has 1 unspecified atom stereocenters. The SMILES string of the molecule is CN(C)CCN(CC(N)=O)C(=O)CCN1C(=O)c2cc(NC(=O)c3ccc(I)cc3)ccc2CC1c1ccccn1. The summed E-state index contributed by atoms with van der Waals surface area (Å²) >= 11 is 2.18. The van der Waals surface area contributed by atoms with E-state index in [2.05, 4.69) is 32.9 Å². The molecule has 3 N–H and O–H groups in total. The number of nitrogens with zero attached hydrogens (tertiary/aromatic N) is 4. The molecular weight excluding hydrogens is 635 g/mol. The maximum Gasteiger partial charge on any atom is 0.255 e. The van der Waals surface area contributed by atoms with E-state index < -0.39 is 5.91 Å². The minimum atomic E-state index is -0.591. The summed E-state index contributed by atoms with van der Waals surface area (Å²) in [5.74, 6) is -1.38. The second-order valence-electron chi connectivity index (χ2n) is 10.1. The van der Waals surface area contributed by atoms with E-state index in [9.17, 15) is 19.2 Å². The number of fused-ring (bicyclic) bond motifs is 1. The Bertz CT molecular complexity index is 1410. The van der Waals surface area contributed by atoms with Gasteiger partial charge in [0.2, 0.25) is 11.8 Å². The van der Waals surface area contributed by atoms with Gasteiger partial charge in [-0.3, -0.25) is 24.2 Å². The van der Waals surface area contributed by atoms with Crippen LogP contribution in [0.15, 0.2) is 66.9 Å². The van der Waals surface area contributed by atoms with Crippen molar-refractivity contribution >= 4 is 51.9 Å². The number of carbonyl (C=O) groups is 4. The van der Waals surface area contributed by atoms with Crippen LogP contribution in [-0.2, 0) is 16.0 Å². The van der Waals surface area contributed by atoms with E-state index in [4.69, 9.17) is 5.73 Å². The third-order valence-corrected chi connectivity index (χ3v) is 7.59. The van der Waals surface area contributed by atoms with Crippen LogP contribution in [0.2, 0.25) is 0 Å². The first-order chi connectivity index (χ1) is 19.6. The van der Waals surface area contributed by atoms with Crippen molar-refractivity contribution in [1.82, 2.24) is 19.7 Å². The molecule has 0 spiro atoms. The maximum atomic E-state index is 13.9. The number of nitrogens with two attached hydrogens (primary N) is 1. The highest BCUT2D eigenvalue weighted by atomic mass is 127. The van der Waals surface area contributed by atoms with Gasteiger partial charge in [0, 0.05) is 52.6 Å². The largest absolute Gasteiger partial charge is 0.368 e. The Morgan fingerprint density at radius 1 is 1.07 bits per heavy atom. The van der Waals surface area contributed by atoms with Crippen LogP contribution in [0.4, 0.5) is 5.69 Å². The zero-order valence-electron chi connectivity index (χ0n) is 23.0. The van der Waals surface area contributed by atoms with E-state index in [0.717, 1.165) is 14.8 Å². The van der Waals surface area contributed by atoms with Crippen molar-refractivity contribution in [2.24, 2.45) is 5.73 Å². The van der Waals surface area contributed by atoms with Gasteiger partial charge in [-0.1, -0.05) is 12.1 Å². The first kappa shape index (κ1) is 30.1. The molecule has 0 saturated carbocycles. The van der Waals surface area contributed by atoms with Gasteiger partial charge in [-0.2, -0.15) is 0 Å². The lowest BCUT2D eigenvalue weighted by molar-refractivity contribution is -0.135. The molecule has 0 radical (unpaired) electrons. The Labute approximate surface area is 253 Å². The Balaban J connectivity index is 1.56. The smallest absolute Gasteiger partial charge is 0.255 e. The number of likely N-dealkylation sites (N-methyl/N-ethyl adjacent to an activating group) is 1. The number of hydrogen-bond donors (Lipinski definition) is 2. The fraction of sp³-hybridized carbons (Fsp3) is 0.300. The topological polar surface area (TPSA) is 129 Å². The zero-order valence-corrected chi connectivity index (χ0v) is 25.2. The molecule has 1 aromatic heterocycles. The van der Waals surface area contributed by atoms with Crippen molar-refractivity contribution < 1.29 is 19.2 Å². The van der Waals surface area contributed by atoms with Gasteiger partial charge in [-0.05, 0) is 97.2 Å². The molecule has 1 atom stereocenters. The lowest BCUT2D eigenvalue weighted by atomic mass is 9.90. The minimum absolute atomic E-state index is 0.0222. The number of carbonyl (C=O) groups excluding carboxylic acids is 4. The van der Waals surface area contributed by atoms with Gasteiger partial charge in [0.05, 0.1) is 18.3 Å². The van der Waals surface area contributed by atoms with E-state index in [-0.39, 0.29) is 43.3 Å². The number of benzene rings is 2. The summed E-state index contributed by atoms with van der Waals surface area (Å²) in [7, 11) is 3.76. The molecule has 3 aromatic rings. The Morgan fingerprint density at radius 3 is 2.49 bits per heavy atom. The Morgan fingerprint density at radius 2 is 1.83 bits per heavy atom. The van der Waals surface area contributed by atoms with E-state index >= 15 is 0 Å². The second kappa shape index (κ2) is 13.7. The molecule has 4 amide bonds. The Kier molecular flexibility index (Phi) is 10.1. The Hall–Kier alpha value is -3.84. The number of aromatic nitrogens is 1. The average molecular weight is 669 g/mol. The lowest BCUT2D eigenvalue weighted by Gasteiger charge is -2.37. The monoisotopic (exact) mass is 668 g/mol. The van der Waals surface area contributed by atoms with Crippen LogP contribution in [-0.4, -0.2) is 83.6 Å². The summed E-state index contributed by atoms with van der Waals surface area (Å²) in [5.41, 5.74) is 8.43. The van der Waals surface area contributed by atoms with Crippen LogP contribution >= 0.6 is 22.6 Å². The molecule has 1 aliphatic rings. The molecule has 0 bridgehead atoms. The van der Waals surface area contributed by atoms with Crippen LogP contribution in [0.1, 0.15) is 44.4 Å². The van der Waals surface area contributed by atoms with Gasteiger partial charge in [-0.25, -0.2) is 0 Å². The predicted octanol–water partition coefficient (Wildman–Crippen LogP) is 2.94. The lowest BCUT2D eigenvalue weighted by Crippen LogP contribution is -2.45. The number of amides is 4. The summed E-state index contributed by atoms with van der Waals surface area (Å²) < 4.78 is 1.02. The van der Waals surface area contributed by atoms with Gasteiger partial charge >= 0.3 is 0 Å². The molecule has 41 heavy (non-hydrogen) atoms. The van der Waals surface area contributed by atoms with E-state index in [0.29, 0.717) is 36.3 Å². The van der Waals surface area contributed by atoms with Crippen molar-refractivity contribution in [3.63, 3.8) is 0 Å². The van der Waals surface area contributed by atoms with Crippen molar-refractivity contribution in [3.8, 4) is 0 Å². The van der Waals surface area contributed by atoms with Crippen LogP contribution in [0.25, 0.3) is 0 Å².